The summed E-state index contributed by atoms with van der Waals surface area (Å²) in [4.78, 5) is 19.4. The van der Waals surface area contributed by atoms with Crippen molar-refractivity contribution in [3.63, 3.8) is 0 Å². The van der Waals surface area contributed by atoms with Crippen LogP contribution in [0.25, 0.3) is 22.0 Å². The Balaban J connectivity index is 1.41. The van der Waals surface area contributed by atoms with E-state index >= 15 is 0 Å². The van der Waals surface area contributed by atoms with Gasteiger partial charge in [-0.3, -0.25) is 9.78 Å². The molecule has 1 amide bonds. The maximum absolute atomic E-state index is 14.5. The van der Waals surface area contributed by atoms with Crippen LogP contribution in [0.15, 0.2) is 72.8 Å². The number of carbonyl (C=O) groups excluding carboxylic acids is 1. The largest absolute Gasteiger partial charge is 0.334 e. The van der Waals surface area contributed by atoms with Crippen molar-refractivity contribution in [1.29, 1.82) is 0 Å². The maximum Gasteiger partial charge on any atom is 0.255 e. The standard InChI is InChI=1S/C25H18F2N2O/c26-18-8-5-16(6-9-18)20-11-12-22(27)21-15-29(25(30)24(20)21)14-13-19-10-7-17-3-1-2-4-23(17)28-19/h1-12H,13-15H2. The second-order valence-corrected chi connectivity index (χ2v) is 7.43. The summed E-state index contributed by atoms with van der Waals surface area (Å²) >= 11 is 0. The van der Waals surface area contributed by atoms with Gasteiger partial charge in [-0.25, -0.2) is 8.78 Å². The summed E-state index contributed by atoms with van der Waals surface area (Å²) in [6.45, 7) is 0.670. The van der Waals surface area contributed by atoms with E-state index in [9.17, 15) is 13.6 Å². The summed E-state index contributed by atoms with van der Waals surface area (Å²) in [5, 5.41) is 1.07. The Labute approximate surface area is 172 Å². The number of carbonyl (C=O) groups is 1. The molecule has 1 aromatic heterocycles. The Morgan fingerprint density at radius 1 is 0.900 bits per heavy atom. The van der Waals surface area contributed by atoms with Crippen LogP contribution in [0.2, 0.25) is 0 Å². The van der Waals surface area contributed by atoms with Gasteiger partial charge >= 0.3 is 0 Å². The highest BCUT2D eigenvalue weighted by Crippen LogP contribution is 2.34. The number of pyridine rings is 1. The fourth-order valence-electron chi connectivity index (χ4n) is 3.99. The number of rotatable bonds is 4. The fraction of sp³-hybridized carbons (Fsp3) is 0.120. The molecule has 0 unspecified atom stereocenters. The molecule has 0 atom stereocenters. The van der Waals surface area contributed by atoms with Crippen molar-refractivity contribution in [3.8, 4) is 11.1 Å². The van der Waals surface area contributed by atoms with Crippen molar-refractivity contribution in [3.05, 3.63) is 101 Å². The van der Waals surface area contributed by atoms with Crippen LogP contribution in [0.1, 0.15) is 21.6 Å². The molecule has 148 valence electrons. The van der Waals surface area contributed by atoms with Crippen molar-refractivity contribution < 1.29 is 13.6 Å². The molecular formula is C25H18F2N2O. The Bertz CT molecular complexity index is 1270. The third-order valence-electron chi connectivity index (χ3n) is 5.55. The van der Waals surface area contributed by atoms with Gasteiger partial charge in [0.1, 0.15) is 11.6 Å². The minimum Gasteiger partial charge on any atom is -0.334 e. The first kappa shape index (κ1) is 18.4. The quantitative estimate of drug-likeness (QED) is 0.461. The molecule has 0 saturated carbocycles. The van der Waals surface area contributed by atoms with Crippen LogP contribution in [0.5, 0.6) is 0 Å². The minimum atomic E-state index is -0.393. The van der Waals surface area contributed by atoms with Crippen LogP contribution in [0, 0.1) is 11.6 Å². The Hall–Kier alpha value is -3.60. The maximum atomic E-state index is 14.5. The van der Waals surface area contributed by atoms with Crippen LogP contribution >= 0.6 is 0 Å². The molecule has 4 aromatic rings. The lowest BCUT2D eigenvalue weighted by molar-refractivity contribution is 0.0780. The van der Waals surface area contributed by atoms with Crippen LogP contribution in [0.3, 0.4) is 0 Å². The van der Waals surface area contributed by atoms with Crippen LogP contribution < -0.4 is 0 Å². The van der Waals surface area contributed by atoms with Gasteiger partial charge in [-0.05, 0) is 41.5 Å². The average Bonchev–Trinajstić information content (AvgIpc) is 3.10. The molecule has 0 saturated heterocycles. The highest BCUT2D eigenvalue weighted by atomic mass is 19.1. The zero-order chi connectivity index (χ0) is 20.7. The smallest absolute Gasteiger partial charge is 0.255 e. The molecule has 0 radical (unpaired) electrons. The van der Waals surface area contributed by atoms with Gasteiger partial charge in [0.2, 0.25) is 0 Å². The number of hydrogen-bond acceptors (Lipinski definition) is 2. The lowest BCUT2D eigenvalue weighted by Gasteiger charge is -2.15. The molecule has 5 heteroatoms. The zero-order valence-corrected chi connectivity index (χ0v) is 16.1. The SMILES string of the molecule is O=C1c2c(-c3ccc(F)cc3)ccc(F)c2CN1CCc1ccc2ccccc2n1. The first-order chi connectivity index (χ1) is 14.6. The van der Waals surface area contributed by atoms with Crippen LogP contribution in [-0.2, 0) is 13.0 Å². The highest BCUT2D eigenvalue weighted by molar-refractivity contribution is 6.04. The molecule has 0 spiro atoms. The van der Waals surface area contributed by atoms with Gasteiger partial charge < -0.3 is 4.90 Å². The van der Waals surface area contributed by atoms with Gasteiger partial charge in [-0.15, -0.1) is 0 Å². The van der Waals surface area contributed by atoms with E-state index in [-0.39, 0.29) is 18.3 Å². The van der Waals surface area contributed by atoms with Gasteiger partial charge in [0.15, 0.2) is 0 Å². The number of halogens is 2. The van der Waals surface area contributed by atoms with Gasteiger partial charge in [0.05, 0.1) is 11.1 Å². The van der Waals surface area contributed by atoms with E-state index in [1.54, 1.807) is 23.1 Å². The number of fused-ring (bicyclic) bond motifs is 2. The van der Waals surface area contributed by atoms with Crippen molar-refractivity contribution in [2.75, 3.05) is 6.54 Å². The minimum absolute atomic E-state index is 0.204. The van der Waals surface area contributed by atoms with Crippen LogP contribution in [0.4, 0.5) is 8.78 Å². The number of nitrogens with zero attached hydrogens (tertiary/aromatic N) is 2. The summed E-state index contributed by atoms with van der Waals surface area (Å²) in [6, 6.07) is 20.7. The molecule has 1 aliphatic rings. The number of amides is 1. The second kappa shape index (κ2) is 7.34. The molecule has 3 aromatic carbocycles. The average molecular weight is 400 g/mol. The molecular weight excluding hydrogens is 382 g/mol. The first-order valence-corrected chi connectivity index (χ1v) is 9.81. The van der Waals surface area contributed by atoms with Gasteiger partial charge in [-0.2, -0.15) is 0 Å². The molecule has 3 nitrogen and oxygen atoms in total. The van der Waals surface area contributed by atoms with E-state index in [2.05, 4.69) is 4.98 Å². The normalized spacial score (nSPS) is 13.1. The Kier molecular flexibility index (Phi) is 4.51. The molecule has 0 aliphatic carbocycles. The molecule has 2 heterocycles. The van der Waals surface area contributed by atoms with E-state index in [1.165, 1.54) is 18.2 Å². The van der Waals surface area contributed by atoms with Gasteiger partial charge in [0, 0.05) is 36.2 Å². The van der Waals surface area contributed by atoms with E-state index < -0.39 is 5.82 Å². The Morgan fingerprint density at radius 2 is 1.70 bits per heavy atom. The summed E-state index contributed by atoms with van der Waals surface area (Å²) in [6.07, 6.45) is 0.581. The lowest BCUT2D eigenvalue weighted by atomic mass is 9.96. The number of aromatic nitrogens is 1. The molecule has 0 fully saturated rings. The zero-order valence-electron chi connectivity index (χ0n) is 16.1. The topological polar surface area (TPSA) is 33.2 Å². The summed E-state index contributed by atoms with van der Waals surface area (Å²) in [5.41, 5.74) is 3.88. The predicted octanol–water partition coefficient (Wildman–Crippen LogP) is 5.38. The first-order valence-electron chi connectivity index (χ1n) is 9.81. The van der Waals surface area contributed by atoms with E-state index in [4.69, 9.17) is 0 Å². The van der Waals surface area contributed by atoms with Gasteiger partial charge in [0.25, 0.3) is 5.91 Å². The molecule has 1 aliphatic heterocycles. The van der Waals surface area contributed by atoms with Crippen molar-refractivity contribution in [2.45, 2.75) is 13.0 Å². The molecule has 0 bridgehead atoms. The predicted molar refractivity (Wildman–Crippen MR) is 112 cm³/mol. The van der Waals surface area contributed by atoms with Crippen molar-refractivity contribution in [2.24, 2.45) is 0 Å². The monoisotopic (exact) mass is 400 g/mol. The lowest BCUT2D eigenvalue weighted by Crippen LogP contribution is -2.26. The third-order valence-corrected chi connectivity index (χ3v) is 5.55. The summed E-state index contributed by atoms with van der Waals surface area (Å²) in [5.74, 6) is -0.950. The highest BCUT2D eigenvalue weighted by Gasteiger charge is 2.32. The van der Waals surface area contributed by atoms with E-state index in [1.807, 2.05) is 36.4 Å². The molecule has 30 heavy (non-hydrogen) atoms. The number of hydrogen-bond donors (Lipinski definition) is 0. The van der Waals surface area contributed by atoms with Crippen LogP contribution in [-0.4, -0.2) is 22.3 Å². The third kappa shape index (κ3) is 3.22. The fourth-order valence-corrected chi connectivity index (χ4v) is 3.99. The van der Waals surface area contributed by atoms with E-state index in [0.717, 1.165) is 16.6 Å². The number of benzene rings is 3. The van der Waals surface area contributed by atoms with E-state index in [0.29, 0.717) is 35.2 Å². The molecule has 5 rings (SSSR count). The van der Waals surface area contributed by atoms with Crippen molar-refractivity contribution >= 4 is 16.8 Å². The number of para-hydroxylation sites is 1. The summed E-state index contributed by atoms with van der Waals surface area (Å²) in [7, 11) is 0. The Morgan fingerprint density at radius 3 is 2.53 bits per heavy atom. The second-order valence-electron chi connectivity index (χ2n) is 7.43. The van der Waals surface area contributed by atoms with Crippen molar-refractivity contribution in [1.82, 2.24) is 9.88 Å². The summed E-state index contributed by atoms with van der Waals surface area (Å²) < 4.78 is 27.8. The molecule has 0 N–H and O–H groups in total. The van der Waals surface area contributed by atoms with Gasteiger partial charge in [-0.1, -0.05) is 42.5 Å².